The summed E-state index contributed by atoms with van der Waals surface area (Å²) < 4.78 is 1.13. The Labute approximate surface area is 147 Å². The molecular weight excluding hydrogens is 350 g/mol. The quantitative estimate of drug-likeness (QED) is 0.884. The number of hydrogen-bond acceptors (Lipinski definition) is 3. The van der Waals surface area contributed by atoms with Crippen molar-refractivity contribution >= 4 is 21.6 Å². The number of anilines is 1. The molecule has 1 aliphatic heterocycles. The van der Waals surface area contributed by atoms with Crippen molar-refractivity contribution in [3.63, 3.8) is 0 Å². The van der Waals surface area contributed by atoms with Crippen LogP contribution in [0.4, 0.5) is 5.69 Å². The maximum absolute atomic E-state index is 3.54. The molecule has 2 aromatic carbocycles. The van der Waals surface area contributed by atoms with Crippen LogP contribution in [0.2, 0.25) is 0 Å². The number of nitrogens with one attached hydrogen (secondary N) is 1. The fourth-order valence-corrected chi connectivity index (χ4v) is 3.42. The summed E-state index contributed by atoms with van der Waals surface area (Å²) in [5.74, 6) is 0. The average molecular weight is 374 g/mol. The van der Waals surface area contributed by atoms with E-state index in [1.165, 1.54) is 16.8 Å². The highest BCUT2D eigenvalue weighted by Gasteiger charge is 2.23. The molecule has 1 atom stereocenters. The van der Waals surface area contributed by atoms with Gasteiger partial charge >= 0.3 is 0 Å². The number of piperazine rings is 1. The van der Waals surface area contributed by atoms with E-state index in [1.54, 1.807) is 0 Å². The molecule has 4 heteroatoms. The second-order valence-corrected chi connectivity index (χ2v) is 7.14. The van der Waals surface area contributed by atoms with Crippen molar-refractivity contribution in [2.75, 3.05) is 45.2 Å². The van der Waals surface area contributed by atoms with Gasteiger partial charge in [0.15, 0.2) is 0 Å². The number of hydrogen-bond donors (Lipinski definition) is 1. The fraction of sp³-hybridized carbons (Fsp3) is 0.368. The monoisotopic (exact) mass is 373 g/mol. The van der Waals surface area contributed by atoms with Crippen LogP contribution >= 0.6 is 15.9 Å². The molecule has 0 saturated carbocycles. The standard InChI is InChI=1S/C19H24BrN3/c1-22(2)18-9-5-16(6-10-18)19(23-13-11-21-12-14-23)15-3-7-17(20)8-4-15/h3-10,19,21H,11-14H2,1-2H3. The molecule has 3 rings (SSSR count). The lowest BCUT2D eigenvalue weighted by atomic mass is 9.96. The molecule has 1 unspecified atom stereocenters. The molecule has 1 heterocycles. The predicted molar refractivity (Wildman–Crippen MR) is 101 cm³/mol. The maximum atomic E-state index is 3.54. The van der Waals surface area contributed by atoms with Crippen LogP contribution in [0.5, 0.6) is 0 Å². The van der Waals surface area contributed by atoms with Gasteiger partial charge in [-0.15, -0.1) is 0 Å². The minimum atomic E-state index is 0.321. The average Bonchev–Trinajstić information content (AvgIpc) is 2.58. The normalized spacial score (nSPS) is 17.0. The first-order valence-corrected chi connectivity index (χ1v) is 8.92. The lowest BCUT2D eigenvalue weighted by Crippen LogP contribution is -2.45. The molecule has 1 aliphatic rings. The Kier molecular flexibility index (Phi) is 5.36. The van der Waals surface area contributed by atoms with Crippen molar-refractivity contribution in [1.29, 1.82) is 0 Å². The summed E-state index contributed by atoms with van der Waals surface area (Å²) in [6.45, 7) is 4.28. The van der Waals surface area contributed by atoms with Crippen LogP contribution in [0.15, 0.2) is 53.0 Å². The number of nitrogens with zero attached hydrogens (tertiary/aromatic N) is 2. The van der Waals surface area contributed by atoms with E-state index in [9.17, 15) is 0 Å². The Bertz CT molecular complexity index is 616. The highest BCUT2D eigenvalue weighted by atomic mass is 79.9. The van der Waals surface area contributed by atoms with Crippen molar-refractivity contribution in [3.8, 4) is 0 Å². The van der Waals surface area contributed by atoms with Crippen LogP contribution in [0.3, 0.4) is 0 Å². The molecule has 1 fully saturated rings. The van der Waals surface area contributed by atoms with Crippen molar-refractivity contribution in [2.24, 2.45) is 0 Å². The van der Waals surface area contributed by atoms with Gasteiger partial charge in [0.2, 0.25) is 0 Å². The van der Waals surface area contributed by atoms with Crippen LogP contribution < -0.4 is 10.2 Å². The summed E-state index contributed by atoms with van der Waals surface area (Å²) in [4.78, 5) is 4.72. The van der Waals surface area contributed by atoms with Gasteiger partial charge in [-0.1, -0.05) is 40.2 Å². The van der Waals surface area contributed by atoms with Crippen LogP contribution in [0, 0.1) is 0 Å². The summed E-state index contributed by atoms with van der Waals surface area (Å²) in [6.07, 6.45) is 0. The molecule has 1 N–H and O–H groups in total. The molecular formula is C19H24BrN3. The van der Waals surface area contributed by atoms with E-state index in [2.05, 4.69) is 93.7 Å². The molecule has 0 aromatic heterocycles. The maximum Gasteiger partial charge on any atom is 0.0602 e. The number of benzene rings is 2. The number of rotatable bonds is 4. The third kappa shape index (κ3) is 3.94. The minimum Gasteiger partial charge on any atom is -0.378 e. The van der Waals surface area contributed by atoms with E-state index >= 15 is 0 Å². The van der Waals surface area contributed by atoms with Gasteiger partial charge in [-0.25, -0.2) is 0 Å². The molecule has 23 heavy (non-hydrogen) atoms. The summed E-state index contributed by atoms with van der Waals surface area (Å²) in [6, 6.07) is 18.0. The van der Waals surface area contributed by atoms with Gasteiger partial charge in [-0.3, -0.25) is 4.90 Å². The lowest BCUT2D eigenvalue weighted by molar-refractivity contribution is 0.198. The van der Waals surface area contributed by atoms with Crippen LogP contribution in [0.1, 0.15) is 17.2 Å². The van der Waals surface area contributed by atoms with E-state index in [-0.39, 0.29) is 0 Å². The predicted octanol–water partition coefficient (Wildman–Crippen LogP) is 3.51. The van der Waals surface area contributed by atoms with Gasteiger partial charge in [0, 0.05) is 50.4 Å². The van der Waals surface area contributed by atoms with Crippen molar-refractivity contribution in [1.82, 2.24) is 10.2 Å². The third-order valence-corrected chi connectivity index (χ3v) is 4.96. The smallest absolute Gasteiger partial charge is 0.0602 e. The van der Waals surface area contributed by atoms with Gasteiger partial charge < -0.3 is 10.2 Å². The Balaban J connectivity index is 1.95. The lowest BCUT2D eigenvalue weighted by Gasteiger charge is -2.35. The SMILES string of the molecule is CN(C)c1ccc(C(c2ccc(Br)cc2)N2CCNCC2)cc1. The van der Waals surface area contributed by atoms with Crippen LogP contribution in [-0.4, -0.2) is 45.2 Å². The largest absolute Gasteiger partial charge is 0.378 e. The highest BCUT2D eigenvalue weighted by Crippen LogP contribution is 2.31. The zero-order valence-electron chi connectivity index (χ0n) is 13.8. The second kappa shape index (κ2) is 7.47. The summed E-state index contributed by atoms with van der Waals surface area (Å²) in [5.41, 5.74) is 3.95. The molecule has 2 aromatic rings. The van der Waals surface area contributed by atoms with E-state index in [4.69, 9.17) is 0 Å². The van der Waals surface area contributed by atoms with Crippen LogP contribution in [-0.2, 0) is 0 Å². The van der Waals surface area contributed by atoms with E-state index < -0.39 is 0 Å². The Morgan fingerprint density at radius 2 is 1.43 bits per heavy atom. The first-order valence-electron chi connectivity index (χ1n) is 8.12. The summed E-state index contributed by atoms with van der Waals surface area (Å²) >= 11 is 3.54. The van der Waals surface area contributed by atoms with Gasteiger partial charge in [0.05, 0.1) is 6.04 Å². The fourth-order valence-electron chi connectivity index (χ4n) is 3.15. The topological polar surface area (TPSA) is 18.5 Å². The van der Waals surface area contributed by atoms with Crippen molar-refractivity contribution in [2.45, 2.75) is 6.04 Å². The Hall–Kier alpha value is -1.36. The number of halogens is 1. The molecule has 0 aliphatic carbocycles. The molecule has 122 valence electrons. The summed E-state index contributed by atoms with van der Waals surface area (Å²) in [7, 11) is 4.16. The molecule has 0 amide bonds. The van der Waals surface area contributed by atoms with Gasteiger partial charge in [0.25, 0.3) is 0 Å². The third-order valence-electron chi connectivity index (χ3n) is 4.43. The van der Waals surface area contributed by atoms with E-state index in [0.717, 1.165) is 30.7 Å². The first kappa shape index (κ1) is 16.5. The second-order valence-electron chi connectivity index (χ2n) is 6.23. The molecule has 0 bridgehead atoms. The van der Waals surface area contributed by atoms with Gasteiger partial charge in [-0.05, 0) is 35.4 Å². The highest BCUT2D eigenvalue weighted by molar-refractivity contribution is 9.10. The first-order chi connectivity index (χ1) is 11.1. The Morgan fingerprint density at radius 1 is 0.913 bits per heavy atom. The van der Waals surface area contributed by atoms with E-state index in [1.807, 2.05) is 0 Å². The summed E-state index contributed by atoms with van der Waals surface area (Å²) in [5, 5.41) is 3.45. The van der Waals surface area contributed by atoms with Gasteiger partial charge in [0.1, 0.15) is 0 Å². The Morgan fingerprint density at radius 3 is 1.96 bits per heavy atom. The zero-order valence-corrected chi connectivity index (χ0v) is 15.4. The van der Waals surface area contributed by atoms with Gasteiger partial charge in [-0.2, -0.15) is 0 Å². The molecule has 0 radical (unpaired) electrons. The molecule has 0 spiro atoms. The van der Waals surface area contributed by atoms with E-state index in [0.29, 0.717) is 6.04 Å². The van der Waals surface area contributed by atoms with Crippen LogP contribution in [0.25, 0.3) is 0 Å². The molecule has 1 saturated heterocycles. The van der Waals surface area contributed by atoms with Crippen molar-refractivity contribution < 1.29 is 0 Å². The molecule has 3 nitrogen and oxygen atoms in total. The minimum absolute atomic E-state index is 0.321. The van der Waals surface area contributed by atoms with Crippen molar-refractivity contribution in [3.05, 3.63) is 64.1 Å². The zero-order chi connectivity index (χ0) is 16.2.